The number of rotatable bonds is 13. The zero-order chi connectivity index (χ0) is 31.9. The van der Waals surface area contributed by atoms with E-state index in [4.69, 9.17) is 0 Å². The van der Waals surface area contributed by atoms with Gasteiger partial charge in [-0.05, 0) is 56.9 Å². The highest BCUT2D eigenvalue weighted by Gasteiger charge is 2.39. The second kappa shape index (κ2) is 15.1. The number of hydrogen-bond acceptors (Lipinski definition) is 6. The molecule has 242 valence electrons. The van der Waals surface area contributed by atoms with Crippen LogP contribution in [-0.4, -0.2) is 95.6 Å². The fourth-order valence-electron chi connectivity index (χ4n) is 6.93. The summed E-state index contributed by atoms with van der Waals surface area (Å²) in [6, 6.07) is 0. The van der Waals surface area contributed by atoms with Crippen LogP contribution in [0.4, 0.5) is 0 Å². The van der Waals surface area contributed by atoms with Crippen molar-refractivity contribution in [3.8, 4) is 0 Å². The standard InChI is InChI=1S/C35H58N4O4/c1-26(24-34(3,4)5)20-28-22-30(40)38(32(28)42)13-11-9-10-12-36-14-16-37(17-15-36)18-19-39-31(41)23-29(33(39)43)21-27(2)25-35(6,7)8/h24-25,28-29H,9-23H2,1-8H3/b26-24+,27-25+. The number of hydrogen-bond donors (Lipinski definition) is 0. The van der Waals surface area contributed by atoms with E-state index in [0.717, 1.165) is 58.5 Å². The Morgan fingerprint density at radius 3 is 1.44 bits per heavy atom. The molecule has 8 nitrogen and oxygen atoms in total. The van der Waals surface area contributed by atoms with Crippen molar-refractivity contribution < 1.29 is 19.2 Å². The molecule has 8 heteroatoms. The molecule has 0 radical (unpaired) electrons. The van der Waals surface area contributed by atoms with Crippen LogP contribution < -0.4 is 0 Å². The van der Waals surface area contributed by atoms with Gasteiger partial charge in [-0.15, -0.1) is 0 Å². The van der Waals surface area contributed by atoms with Crippen molar-refractivity contribution in [1.29, 1.82) is 0 Å². The first kappa shape index (κ1) is 35.2. The molecule has 3 saturated heterocycles. The topological polar surface area (TPSA) is 81.2 Å². The normalized spacial score (nSPS) is 23.8. The smallest absolute Gasteiger partial charge is 0.233 e. The van der Waals surface area contributed by atoms with Gasteiger partial charge in [0.05, 0.1) is 11.8 Å². The number of unbranched alkanes of at least 4 members (excludes halogenated alkanes) is 2. The van der Waals surface area contributed by atoms with Crippen LogP contribution in [0.3, 0.4) is 0 Å². The van der Waals surface area contributed by atoms with E-state index in [1.54, 1.807) is 0 Å². The summed E-state index contributed by atoms with van der Waals surface area (Å²) < 4.78 is 0. The molecule has 3 aliphatic rings. The average Bonchev–Trinajstić information content (AvgIpc) is 3.28. The fraction of sp³-hybridized carbons (Fsp3) is 0.771. The molecule has 0 spiro atoms. The maximum Gasteiger partial charge on any atom is 0.233 e. The molecule has 0 N–H and O–H groups in total. The van der Waals surface area contributed by atoms with Crippen LogP contribution in [0.1, 0.15) is 100 Å². The van der Waals surface area contributed by atoms with Crippen LogP contribution in [0.2, 0.25) is 0 Å². The van der Waals surface area contributed by atoms with Gasteiger partial charge in [0.1, 0.15) is 0 Å². The molecule has 0 aromatic carbocycles. The number of imide groups is 2. The zero-order valence-electron chi connectivity index (χ0n) is 28.3. The molecule has 4 amide bonds. The van der Waals surface area contributed by atoms with Crippen LogP contribution in [0.15, 0.2) is 23.3 Å². The van der Waals surface area contributed by atoms with Gasteiger partial charge >= 0.3 is 0 Å². The first-order valence-corrected chi connectivity index (χ1v) is 16.5. The molecule has 2 unspecified atom stereocenters. The number of nitrogens with zero attached hydrogens (tertiary/aromatic N) is 4. The second-order valence-electron chi connectivity index (χ2n) is 15.4. The highest BCUT2D eigenvalue weighted by molar-refractivity contribution is 6.04. The fourth-order valence-corrected chi connectivity index (χ4v) is 6.93. The largest absolute Gasteiger partial charge is 0.301 e. The van der Waals surface area contributed by atoms with Crippen LogP contribution in [0.25, 0.3) is 0 Å². The van der Waals surface area contributed by atoms with Gasteiger partial charge in [0.25, 0.3) is 0 Å². The van der Waals surface area contributed by atoms with E-state index < -0.39 is 0 Å². The summed E-state index contributed by atoms with van der Waals surface area (Å²) in [6.07, 6.45) is 9.31. The Morgan fingerprint density at radius 1 is 0.605 bits per heavy atom. The number of amides is 4. The van der Waals surface area contributed by atoms with E-state index in [1.165, 1.54) is 20.9 Å². The molecule has 3 fully saturated rings. The third-order valence-corrected chi connectivity index (χ3v) is 8.63. The summed E-state index contributed by atoms with van der Waals surface area (Å²) in [6.45, 7) is 23.6. The molecule has 0 aliphatic carbocycles. The van der Waals surface area contributed by atoms with Crippen LogP contribution in [0.5, 0.6) is 0 Å². The Kier molecular flexibility index (Phi) is 12.4. The van der Waals surface area contributed by atoms with Crippen LogP contribution in [-0.2, 0) is 19.2 Å². The summed E-state index contributed by atoms with van der Waals surface area (Å²) in [7, 11) is 0. The maximum absolute atomic E-state index is 12.9. The number of likely N-dealkylation sites (tertiary alicyclic amines) is 2. The Morgan fingerprint density at radius 2 is 1.00 bits per heavy atom. The number of carbonyl (C=O) groups excluding carboxylic acids is 4. The Hall–Kier alpha value is -2.32. The molecule has 0 aromatic heterocycles. The lowest BCUT2D eigenvalue weighted by Gasteiger charge is -2.35. The van der Waals surface area contributed by atoms with Gasteiger partial charge in [-0.1, -0.05) is 71.3 Å². The minimum atomic E-state index is -0.217. The first-order valence-electron chi connectivity index (χ1n) is 16.5. The lowest BCUT2D eigenvalue weighted by Crippen LogP contribution is -2.49. The van der Waals surface area contributed by atoms with Crippen LogP contribution in [0, 0.1) is 22.7 Å². The van der Waals surface area contributed by atoms with Gasteiger partial charge < -0.3 is 4.90 Å². The molecule has 2 atom stereocenters. The minimum absolute atomic E-state index is 0.00289. The van der Waals surface area contributed by atoms with Gasteiger partial charge in [0.15, 0.2) is 0 Å². The summed E-state index contributed by atoms with van der Waals surface area (Å²) >= 11 is 0. The predicted molar refractivity (Wildman–Crippen MR) is 172 cm³/mol. The summed E-state index contributed by atoms with van der Waals surface area (Å²) in [4.78, 5) is 58.7. The first-order chi connectivity index (χ1) is 20.0. The van der Waals surface area contributed by atoms with E-state index in [9.17, 15) is 19.2 Å². The van der Waals surface area contributed by atoms with Crippen molar-refractivity contribution in [1.82, 2.24) is 19.6 Å². The van der Waals surface area contributed by atoms with Gasteiger partial charge in [-0.3, -0.25) is 33.9 Å². The zero-order valence-corrected chi connectivity index (χ0v) is 28.3. The summed E-state index contributed by atoms with van der Waals surface area (Å²) in [5.74, 6) is -0.475. The highest BCUT2D eigenvalue weighted by atomic mass is 16.2. The second-order valence-corrected chi connectivity index (χ2v) is 15.4. The van der Waals surface area contributed by atoms with Gasteiger partial charge in [0, 0.05) is 58.7 Å². The monoisotopic (exact) mass is 598 g/mol. The maximum atomic E-state index is 12.9. The van der Waals surface area contributed by atoms with Crippen molar-refractivity contribution in [2.45, 2.75) is 100 Å². The van der Waals surface area contributed by atoms with E-state index >= 15 is 0 Å². The molecule has 3 rings (SSSR count). The Labute approximate surface area is 260 Å². The lowest BCUT2D eigenvalue weighted by molar-refractivity contribution is -0.141. The van der Waals surface area contributed by atoms with Crippen molar-refractivity contribution >= 4 is 23.6 Å². The van der Waals surface area contributed by atoms with E-state index in [2.05, 4.69) is 77.3 Å². The molecule has 0 saturated carbocycles. The van der Waals surface area contributed by atoms with Gasteiger partial charge in [-0.2, -0.15) is 0 Å². The average molecular weight is 599 g/mol. The van der Waals surface area contributed by atoms with E-state index in [1.807, 2.05) is 0 Å². The minimum Gasteiger partial charge on any atom is -0.301 e. The van der Waals surface area contributed by atoms with Crippen molar-refractivity contribution in [2.24, 2.45) is 22.7 Å². The van der Waals surface area contributed by atoms with Crippen LogP contribution >= 0.6 is 0 Å². The third kappa shape index (κ3) is 11.3. The molecular formula is C35H58N4O4. The molecule has 0 bridgehead atoms. The molecule has 0 aromatic rings. The van der Waals surface area contributed by atoms with Crippen molar-refractivity contribution in [3.05, 3.63) is 23.3 Å². The molecule has 3 aliphatic heterocycles. The molecular weight excluding hydrogens is 540 g/mol. The predicted octanol–water partition coefficient (Wildman–Crippen LogP) is 5.29. The SMILES string of the molecule is C/C(=C\C(C)(C)C)CC1CC(=O)N(CCCCCN2CCN(CCN3C(=O)CC(C/C(C)=C/C(C)(C)C)C3=O)CC2)C1=O. The van der Waals surface area contributed by atoms with Gasteiger partial charge in [-0.25, -0.2) is 0 Å². The van der Waals surface area contributed by atoms with E-state index in [-0.39, 0.29) is 46.3 Å². The van der Waals surface area contributed by atoms with E-state index in [0.29, 0.717) is 38.8 Å². The Bertz CT molecular complexity index is 1070. The molecule has 3 heterocycles. The lowest BCUT2D eigenvalue weighted by atomic mass is 9.90. The Balaban J connectivity index is 1.30. The van der Waals surface area contributed by atoms with Crippen molar-refractivity contribution in [3.63, 3.8) is 0 Å². The van der Waals surface area contributed by atoms with Crippen molar-refractivity contribution in [2.75, 3.05) is 52.4 Å². The quantitative estimate of drug-likeness (QED) is 0.163. The third-order valence-electron chi connectivity index (χ3n) is 8.63. The summed E-state index contributed by atoms with van der Waals surface area (Å²) in [5.41, 5.74) is 2.50. The van der Waals surface area contributed by atoms with Gasteiger partial charge in [0.2, 0.25) is 23.6 Å². The molecule has 43 heavy (non-hydrogen) atoms. The number of piperazine rings is 1. The summed E-state index contributed by atoms with van der Waals surface area (Å²) in [5, 5.41) is 0. The number of allylic oxidation sites excluding steroid dienone is 4. The highest BCUT2D eigenvalue weighted by Crippen LogP contribution is 2.29. The number of carbonyl (C=O) groups is 4.